The van der Waals surface area contributed by atoms with Crippen LogP contribution in [-0.2, 0) is 24.8 Å². The van der Waals surface area contributed by atoms with E-state index in [0.29, 0.717) is 5.69 Å². The molecule has 0 fully saturated rings. The van der Waals surface area contributed by atoms with Crippen LogP contribution >= 0.6 is 0 Å². The summed E-state index contributed by atoms with van der Waals surface area (Å²) >= 11 is 0. The third kappa shape index (κ3) is 5.70. The van der Waals surface area contributed by atoms with Crippen LogP contribution in [-0.4, -0.2) is 40.0 Å². The monoisotopic (exact) mass is 477 g/mol. The average molecular weight is 478 g/mol. The van der Waals surface area contributed by atoms with Crippen molar-refractivity contribution in [3.05, 3.63) is 60.7 Å². The quantitative estimate of drug-likeness (QED) is 0.445. The number of hydrogen-bond donors (Lipinski definition) is 3. The lowest BCUT2D eigenvalue weighted by molar-refractivity contribution is -0.114. The molecule has 3 N–H and O–H groups in total. The molecule has 3 rings (SSSR count). The van der Waals surface area contributed by atoms with Gasteiger partial charge in [-0.1, -0.05) is 0 Å². The summed E-state index contributed by atoms with van der Waals surface area (Å²) in [4.78, 5) is 10.9. The molecule has 0 aliphatic carbocycles. The van der Waals surface area contributed by atoms with Crippen molar-refractivity contribution in [1.29, 1.82) is 0 Å². The van der Waals surface area contributed by atoms with Crippen LogP contribution < -0.4 is 19.5 Å². The zero-order valence-electron chi connectivity index (χ0n) is 16.9. The molecular weight excluding hydrogens is 458 g/mol. The average Bonchev–Trinajstić information content (AvgIpc) is 2.74. The van der Waals surface area contributed by atoms with Gasteiger partial charge in [-0.05, 0) is 54.6 Å². The van der Waals surface area contributed by atoms with E-state index in [1.165, 1.54) is 74.7 Å². The minimum atomic E-state index is -3.97. The van der Waals surface area contributed by atoms with Gasteiger partial charge < -0.3 is 10.1 Å². The molecule has 0 aliphatic rings. The summed E-state index contributed by atoms with van der Waals surface area (Å²) in [5.74, 6) is -0.0464. The third-order valence-corrected chi connectivity index (χ3v) is 6.76. The van der Waals surface area contributed by atoms with Crippen molar-refractivity contribution < 1.29 is 26.4 Å². The van der Waals surface area contributed by atoms with E-state index in [0.717, 1.165) is 0 Å². The standard InChI is InChI=1S/C19H19N5O6S2/c1-13(25)20-14-3-7-16(8-4-14)31(26,27)23-15-5-9-17(10-6-15)32(28,29)24-18-11-12-19(30-2)22-21-18/h3-12,23H,1-2H3,(H,20,25)(H,21,24). The zero-order chi connectivity index (χ0) is 23.4. The fraction of sp³-hybridized carbons (Fsp3) is 0.105. The van der Waals surface area contributed by atoms with E-state index >= 15 is 0 Å². The van der Waals surface area contributed by atoms with Crippen LogP contribution in [0.5, 0.6) is 5.88 Å². The summed E-state index contributed by atoms with van der Waals surface area (Å²) in [6.45, 7) is 1.34. The van der Waals surface area contributed by atoms with Crippen molar-refractivity contribution in [3.8, 4) is 5.88 Å². The van der Waals surface area contributed by atoms with Crippen LogP contribution in [0.4, 0.5) is 17.2 Å². The topological polar surface area (TPSA) is 156 Å². The van der Waals surface area contributed by atoms with Crippen LogP contribution in [0.1, 0.15) is 6.92 Å². The minimum Gasteiger partial charge on any atom is -0.480 e. The SMILES string of the molecule is COc1ccc(NS(=O)(=O)c2ccc(NS(=O)(=O)c3ccc(NC(C)=O)cc3)cc2)nn1. The Bertz CT molecular complexity index is 1310. The van der Waals surface area contributed by atoms with Gasteiger partial charge in [0.05, 0.1) is 16.9 Å². The predicted molar refractivity (Wildman–Crippen MR) is 117 cm³/mol. The van der Waals surface area contributed by atoms with Gasteiger partial charge in [0.25, 0.3) is 20.0 Å². The first-order valence-electron chi connectivity index (χ1n) is 9.00. The van der Waals surface area contributed by atoms with Crippen LogP contribution in [0, 0.1) is 0 Å². The number of anilines is 3. The molecule has 0 radical (unpaired) electrons. The Morgan fingerprint density at radius 1 is 0.750 bits per heavy atom. The Hall–Kier alpha value is -3.71. The van der Waals surface area contributed by atoms with Crippen molar-refractivity contribution in [2.75, 3.05) is 21.9 Å². The number of hydrogen-bond acceptors (Lipinski definition) is 8. The van der Waals surface area contributed by atoms with Gasteiger partial charge in [0.2, 0.25) is 11.8 Å². The van der Waals surface area contributed by atoms with E-state index in [-0.39, 0.29) is 33.1 Å². The van der Waals surface area contributed by atoms with Crippen LogP contribution in [0.15, 0.2) is 70.5 Å². The number of ether oxygens (including phenoxy) is 1. The first-order chi connectivity index (χ1) is 15.1. The third-order valence-electron chi connectivity index (χ3n) is 3.99. The zero-order valence-corrected chi connectivity index (χ0v) is 18.6. The second-order valence-electron chi connectivity index (χ2n) is 6.40. The molecule has 13 heteroatoms. The van der Waals surface area contributed by atoms with Gasteiger partial charge in [0.1, 0.15) is 0 Å². The van der Waals surface area contributed by atoms with E-state index in [4.69, 9.17) is 4.74 Å². The van der Waals surface area contributed by atoms with Crippen molar-refractivity contribution in [3.63, 3.8) is 0 Å². The molecule has 1 aromatic heterocycles. The number of carbonyl (C=O) groups excluding carboxylic acids is 1. The maximum atomic E-state index is 12.6. The summed E-state index contributed by atoms with van der Waals surface area (Å²) in [6, 6.07) is 13.6. The molecule has 32 heavy (non-hydrogen) atoms. The highest BCUT2D eigenvalue weighted by molar-refractivity contribution is 7.93. The Kier molecular flexibility index (Phi) is 6.60. The molecule has 1 heterocycles. The van der Waals surface area contributed by atoms with Gasteiger partial charge in [-0.15, -0.1) is 10.2 Å². The first kappa shape index (κ1) is 23.0. The summed E-state index contributed by atoms with van der Waals surface area (Å²) < 4.78 is 59.6. The normalized spacial score (nSPS) is 11.4. The number of amides is 1. The molecule has 0 saturated heterocycles. The van der Waals surface area contributed by atoms with Crippen LogP contribution in [0.3, 0.4) is 0 Å². The summed E-state index contributed by atoms with van der Waals surface area (Å²) in [5.41, 5.74) is 0.624. The maximum absolute atomic E-state index is 12.6. The number of nitrogens with one attached hydrogen (secondary N) is 3. The molecule has 0 bridgehead atoms. The van der Waals surface area contributed by atoms with E-state index in [1.807, 2.05) is 0 Å². The number of aromatic nitrogens is 2. The number of carbonyl (C=O) groups is 1. The highest BCUT2D eigenvalue weighted by Gasteiger charge is 2.17. The summed E-state index contributed by atoms with van der Waals surface area (Å²) in [6.07, 6.45) is 0. The molecule has 0 atom stereocenters. The number of rotatable bonds is 8. The first-order valence-corrected chi connectivity index (χ1v) is 12.0. The van der Waals surface area contributed by atoms with Crippen molar-refractivity contribution in [1.82, 2.24) is 10.2 Å². The molecule has 11 nitrogen and oxygen atoms in total. The molecule has 2 aromatic carbocycles. The van der Waals surface area contributed by atoms with E-state index in [2.05, 4.69) is 25.0 Å². The van der Waals surface area contributed by atoms with Crippen molar-refractivity contribution in [2.24, 2.45) is 0 Å². The largest absolute Gasteiger partial charge is 0.480 e. The number of sulfonamides is 2. The van der Waals surface area contributed by atoms with Gasteiger partial charge in [-0.3, -0.25) is 14.2 Å². The molecule has 168 valence electrons. The van der Waals surface area contributed by atoms with Gasteiger partial charge in [0, 0.05) is 24.4 Å². The molecule has 0 aliphatic heterocycles. The second-order valence-corrected chi connectivity index (χ2v) is 9.77. The van der Waals surface area contributed by atoms with Gasteiger partial charge in [-0.25, -0.2) is 16.8 Å². The summed E-state index contributed by atoms with van der Waals surface area (Å²) in [5, 5.41) is 9.93. The van der Waals surface area contributed by atoms with Crippen molar-refractivity contribution >= 4 is 43.1 Å². The molecule has 0 unspecified atom stereocenters. The van der Waals surface area contributed by atoms with Gasteiger partial charge >= 0.3 is 0 Å². The molecule has 3 aromatic rings. The fourth-order valence-electron chi connectivity index (χ4n) is 2.52. The number of nitrogens with zero attached hydrogens (tertiary/aromatic N) is 2. The molecule has 0 saturated carbocycles. The molecular formula is C19H19N5O6S2. The molecule has 1 amide bonds. The maximum Gasteiger partial charge on any atom is 0.263 e. The van der Waals surface area contributed by atoms with Gasteiger partial charge in [0.15, 0.2) is 5.82 Å². The second kappa shape index (κ2) is 9.20. The Morgan fingerprint density at radius 2 is 1.28 bits per heavy atom. The Labute approximate surface area is 184 Å². The highest BCUT2D eigenvalue weighted by Crippen LogP contribution is 2.21. The lowest BCUT2D eigenvalue weighted by Gasteiger charge is -2.11. The number of benzene rings is 2. The fourth-order valence-corrected chi connectivity index (χ4v) is 4.57. The Balaban J connectivity index is 1.72. The van der Waals surface area contributed by atoms with Crippen LogP contribution in [0.25, 0.3) is 0 Å². The van der Waals surface area contributed by atoms with E-state index in [1.54, 1.807) is 0 Å². The van der Waals surface area contributed by atoms with E-state index in [9.17, 15) is 21.6 Å². The minimum absolute atomic E-state index is 0.00158. The summed E-state index contributed by atoms with van der Waals surface area (Å²) in [7, 11) is -6.48. The van der Waals surface area contributed by atoms with Crippen LogP contribution in [0.2, 0.25) is 0 Å². The number of methoxy groups -OCH3 is 1. The van der Waals surface area contributed by atoms with E-state index < -0.39 is 20.0 Å². The lowest BCUT2D eigenvalue weighted by Crippen LogP contribution is -2.15. The lowest BCUT2D eigenvalue weighted by atomic mass is 10.3. The van der Waals surface area contributed by atoms with Gasteiger partial charge in [-0.2, -0.15) is 0 Å². The predicted octanol–water partition coefficient (Wildman–Crippen LogP) is 2.05. The smallest absolute Gasteiger partial charge is 0.263 e. The van der Waals surface area contributed by atoms with Crippen molar-refractivity contribution in [2.45, 2.75) is 16.7 Å². The Morgan fingerprint density at radius 3 is 1.75 bits per heavy atom. The molecule has 0 spiro atoms. The highest BCUT2D eigenvalue weighted by atomic mass is 32.2.